The fourth-order valence-corrected chi connectivity index (χ4v) is 2.66. The molecule has 0 bridgehead atoms. The van der Waals surface area contributed by atoms with Gasteiger partial charge in [0.15, 0.2) is 16.6 Å². The van der Waals surface area contributed by atoms with Crippen LogP contribution in [-0.4, -0.2) is 23.3 Å². The molecule has 0 atom stereocenters. The molecule has 1 N–H and O–H groups in total. The average molecular weight is 304 g/mol. The summed E-state index contributed by atoms with van der Waals surface area (Å²) in [7, 11) is 0. The number of aromatic nitrogens is 1. The maximum atomic E-state index is 11.8. The minimum absolute atomic E-state index is 0.0736. The Balaban J connectivity index is 2.31. The van der Waals surface area contributed by atoms with E-state index in [2.05, 4.69) is 10.3 Å². The molecule has 1 heterocycles. The molecule has 0 saturated heterocycles. The molecule has 1 aromatic heterocycles. The lowest BCUT2D eigenvalue weighted by molar-refractivity contribution is 0.0517. The summed E-state index contributed by atoms with van der Waals surface area (Å²) in [6, 6.07) is 7.76. The molecule has 0 aliphatic carbocycles. The molecule has 1 aromatic carbocycles. The van der Waals surface area contributed by atoms with Crippen LogP contribution in [0, 0.1) is 6.92 Å². The SMILES string of the molecule is CCOC(=O)c1nc(Nc2cccc(C)c2)sc1C(C)=O. The lowest BCUT2D eigenvalue weighted by Gasteiger charge is -2.02. The van der Waals surface area contributed by atoms with Crippen LogP contribution in [0.1, 0.15) is 39.6 Å². The number of rotatable bonds is 5. The minimum atomic E-state index is -0.573. The molecule has 0 amide bonds. The first kappa shape index (κ1) is 15.2. The van der Waals surface area contributed by atoms with Gasteiger partial charge in [-0.3, -0.25) is 4.79 Å². The van der Waals surface area contributed by atoms with Gasteiger partial charge in [-0.05, 0) is 31.5 Å². The number of thiazole rings is 1. The van der Waals surface area contributed by atoms with E-state index >= 15 is 0 Å². The van der Waals surface area contributed by atoms with Crippen molar-refractivity contribution in [2.75, 3.05) is 11.9 Å². The molecular weight excluding hydrogens is 288 g/mol. The Kier molecular flexibility index (Phi) is 4.70. The van der Waals surface area contributed by atoms with Crippen LogP contribution in [0.2, 0.25) is 0 Å². The zero-order chi connectivity index (χ0) is 15.4. The third kappa shape index (κ3) is 3.66. The number of carbonyl (C=O) groups is 2. The van der Waals surface area contributed by atoms with Crippen molar-refractivity contribution < 1.29 is 14.3 Å². The Bertz CT molecular complexity index is 679. The summed E-state index contributed by atoms with van der Waals surface area (Å²) in [5.41, 5.74) is 2.03. The van der Waals surface area contributed by atoms with Crippen molar-refractivity contribution in [3.05, 3.63) is 40.4 Å². The number of carbonyl (C=O) groups excluding carboxylic acids is 2. The third-order valence-electron chi connectivity index (χ3n) is 2.69. The summed E-state index contributed by atoms with van der Waals surface area (Å²) in [6.45, 7) is 5.35. The van der Waals surface area contributed by atoms with E-state index in [0.29, 0.717) is 10.0 Å². The van der Waals surface area contributed by atoms with Gasteiger partial charge in [-0.25, -0.2) is 9.78 Å². The van der Waals surface area contributed by atoms with Crippen molar-refractivity contribution in [2.45, 2.75) is 20.8 Å². The van der Waals surface area contributed by atoms with E-state index in [1.54, 1.807) is 6.92 Å². The summed E-state index contributed by atoms with van der Waals surface area (Å²) < 4.78 is 4.93. The van der Waals surface area contributed by atoms with Crippen LogP contribution in [-0.2, 0) is 4.74 Å². The highest BCUT2D eigenvalue weighted by Crippen LogP contribution is 2.27. The van der Waals surface area contributed by atoms with Crippen LogP contribution in [0.15, 0.2) is 24.3 Å². The van der Waals surface area contributed by atoms with Gasteiger partial charge in [-0.1, -0.05) is 23.5 Å². The average Bonchev–Trinajstić information content (AvgIpc) is 2.83. The van der Waals surface area contributed by atoms with Gasteiger partial charge in [0.25, 0.3) is 0 Å². The largest absolute Gasteiger partial charge is 0.461 e. The summed E-state index contributed by atoms with van der Waals surface area (Å²) in [6.07, 6.45) is 0. The number of aryl methyl sites for hydroxylation is 1. The molecule has 2 aromatic rings. The van der Waals surface area contributed by atoms with E-state index in [0.717, 1.165) is 22.6 Å². The van der Waals surface area contributed by atoms with Crippen molar-refractivity contribution in [3.8, 4) is 0 Å². The molecule has 5 nitrogen and oxygen atoms in total. The second kappa shape index (κ2) is 6.49. The highest BCUT2D eigenvalue weighted by atomic mass is 32.1. The maximum Gasteiger partial charge on any atom is 0.358 e. The summed E-state index contributed by atoms with van der Waals surface area (Å²) in [4.78, 5) is 28.0. The molecule has 21 heavy (non-hydrogen) atoms. The molecule has 6 heteroatoms. The van der Waals surface area contributed by atoms with Crippen LogP contribution in [0.25, 0.3) is 0 Å². The van der Waals surface area contributed by atoms with Crippen molar-refractivity contribution in [1.82, 2.24) is 4.98 Å². The van der Waals surface area contributed by atoms with Crippen LogP contribution >= 0.6 is 11.3 Å². The van der Waals surface area contributed by atoms with Gasteiger partial charge in [0.1, 0.15) is 4.88 Å². The highest BCUT2D eigenvalue weighted by Gasteiger charge is 2.22. The number of hydrogen-bond donors (Lipinski definition) is 1. The normalized spacial score (nSPS) is 10.2. The fourth-order valence-electron chi connectivity index (χ4n) is 1.80. The van der Waals surface area contributed by atoms with Crippen molar-refractivity contribution in [2.24, 2.45) is 0 Å². The highest BCUT2D eigenvalue weighted by molar-refractivity contribution is 7.17. The molecule has 110 valence electrons. The topological polar surface area (TPSA) is 68.3 Å². The number of hydrogen-bond acceptors (Lipinski definition) is 6. The van der Waals surface area contributed by atoms with Crippen LogP contribution in [0.5, 0.6) is 0 Å². The van der Waals surface area contributed by atoms with E-state index < -0.39 is 5.97 Å². The summed E-state index contributed by atoms with van der Waals surface area (Å²) in [5, 5.41) is 3.60. The van der Waals surface area contributed by atoms with Crippen LogP contribution in [0.3, 0.4) is 0 Å². The first-order valence-electron chi connectivity index (χ1n) is 6.53. The second-order valence-electron chi connectivity index (χ2n) is 4.47. The van der Waals surface area contributed by atoms with Gasteiger partial charge >= 0.3 is 5.97 Å². The van der Waals surface area contributed by atoms with Gasteiger partial charge < -0.3 is 10.1 Å². The van der Waals surface area contributed by atoms with Gasteiger partial charge in [0.05, 0.1) is 6.61 Å². The molecule has 0 radical (unpaired) electrons. The molecule has 0 aliphatic heterocycles. The number of nitrogens with one attached hydrogen (secondary N) is 1. The molecular formula is C15H16N2O3S. The van der Waals surface area contributed by atoms with Crippen molar-refractivity contribution in [1.29, 1.82) is 0 Å². The molecule has 0 aliphatic rings. The minimum Gasteiger partial charge on any atom is -0.461 e. The zero-order valence-corrected chi connectivity index (χ0v) is 12.9. The molecule has 0 unspecified atom stereocenters. The van der Waals surface area contributed by atoms with E-state index in [1.807, 2.05) is 31.2 Å². The zero-order valence-electron chi connectivity index (χ0n) is 12.1. The number of Topliss-reactive ketones (excluding diaryl/α,β-unsaturated/α-hetero) is 1. The number of ketones is 1. The number of ether oxygens (including phenoxy) is 1. The van der Waals surface area contributed by atoms with Gasteiger partial charge in [0, 0.05) is 12.6 Å². The fraction of sp³-hybridized carbons (Fsp3) is 0.267. The van der Waals surface area contributed by atoms with Crippen molar-refractivity contribution in [3.63, 3.8) is 0 Å². The third-order valence-corrected chi connectivity index (χ3v) is 3.76. The van der Waals surface area contributed by atoms with Crippen molar-refractivity contribution >= 4 is 33.9 Å². The van der Waals surface area contributed by atoms with Gasteiger partial charge in [0.2, 0.25) is 0 Å². The lowest BCUT2D eigenvalue weighted by atomic mass is 10.2. The Labute approximate surface area is 127 Å². The lowest BCUT2D eigenvalue weighted by Crippen LogP contribution is -2.09. The monoisotopic (exact) mass is 304 g/mol. The smallest absolute Gasteiger partial charge is 0.358 e. The Morgan fingerprint density at radius 1 is 1.38 bits per heavy atom. The quantitative estimate of drug-likeness (QED) is 0.675. The molecule has 2 rings (SSSR count). The molecule has 0 saturated carbocycles. The standard InChI is InChI=1S/C15H16N2O3S/c1-4-20-14(19)12-13(10(3)18)21-15(17-12)16-11-7-5-6-9(2)8-11/h5-8H,4H2,1-3H3,(H,16,17). The second-order valence-corrected chi connectivity index (χ2v) is 5.47. The van der Waals surface area contributed by atoms with Gasteiger partial charge in [-0.15, -0.1) is 0 Å². The Hall–Kier alpha value is -2.21. The number of nitrogens with zero attached hydrogens (tertiary/aromatic N) is 1. The first-order chi connectivity index (χ1) is 10.0. The van der Waals surface area contributed by atoms with E-state index in [9.17, 15) is 9.59 Å². The van der Waals surface area contributed by atoms with Crippen LogP contribution in [0.4, 0.5) is 10.8 Å². The van der Waals surface area contributed by atoms with Crippen LogP contribution < -0.4 is 5.32 Å². The predicted molar refractivity (Wildman–Crippen MR) is 82.5 cm³/mol. The van der Waals surface area contributed by atoms with Gasteiger partial charge in [-0.2, -0.15) is 0 Å². The van der Waals surface area contributed by atoms with E-state index in [-0.39, 0.29) is 18.1 Å². The number of benzene rings is 1. The maximum absolute atomic E-state index is 11.8. The van der Waals surface area contributed by atoms with E-state index in [4.69, 9.17) is 4.74 Å². The summed E-state index contributed by atoms with van der Waals surface area (Å²) >= 11 is 1.15. The summed E-state index contributed by atoms with van der Waals surface area (Å²) in [5.74, 6) is -0.774. The Morgan fingerprint density at radius 3 is 2.76 bits per heavy atom. The van der Waals surface area contributed by atoms with E-state index in [1.165, 1.54) is 6.92 Å². The first-order valence-corrected chi connectivity index (χ1v) is 7.35. The predicted octanol–water partition coefficient (Wildman–Crippen LogP) is 3.57. The Morgan fingerprint density at radius 2 is 2.14 bits per heavy atom. The molecule has 0 spiro atoms. The number of esters is 1. The molecule has 0 fully saturated rings. The number of anilines is 2.